The fourth-order valence-corrected chi connectivity index (χ4v) is 2.89. The highest BCUT2D eigenvalue weighted by molar-refractivity contribution is 5.74. The van der Waals surface area contributed by atoms with Gasteiger partial charge in [-0.2, -0.15) is 4.52 Å². The Hall–Kier alpha value is -3.23. The second-order valence-corrected chi connectivity index (χ2v) is 5.95. The van der Waals surface area contributed by atoms with Crippen molar-refractivity contribution in [2.24, 2.45) is 0 Å². The van der Waals surface area contributed by atoms with Gasteiger partial charge in [0, 0.05) is 38.1 Å². The highest BCUT2D eigenvalue weighted by atomic mass is 16.2. The summed E-state index contributed by atoms with van der Waals surface area (Å²) in [6.07, 6.45) is 5.91. The fourth-order valence-electron chi connectivity index (χ4n) is 2.89. The molecular formula is C16H18N8O. The van der Waals surface area contributed by atoms with Gasteiger partial charge in [0.15, 0.2) is 5.65 Å². The molecule has 9 heteroatoms. The van der Waals surface area contributed by atoms with E-state index < -0.39 is 0 Å². The molecule has 1 saturated heterocycles. The second-order valence-electron chi connectivity index (χ2n) is 5.95. The van der Waals surface area contributed by atoms with Gasteiger partial charge in [0.2, 0.25) is 0 Å². The van der Waals surface area contributed by atoms with Crippen molar-refractivity contribution in [1.29, 1.82) is 0 Å². The van der Waals surface area contributed by atoms with Crippen molar-refractivity contribution >= 4 is 17.5 Å². The summed E-state index contributed by atoms with van der Waals surface area (Å²) in [5.41, 5.74) is 1.68. The third-order valence-corrected chi connectivity index (χ3v) is 4.17. The average Bonchev–Trinajstić information content (AvgIpc) is 3.29. The molecule has 3 aromatic rings. The molecule has 0 saturated carbocycles. The number of nitrogens with zero attached hydrogens (tertiary/aromatic N) is 6. The van der Waals surface area contributed by atoms with Crippen LogP contribution in [0.25, 0.3) is 5.65 Å². The molecule has 0 spiro atoms. The van der Waals surface area contributed by atoms with Crippen LogP contribution in [0.3, 0.4) is 0 Å². The molecule has 4 heterocycles. The van der Waals surface area contributed by atoms with Gasteiger partial charge in [-0.1, -0.05) is 6.07 Å². The highest BCUT2D eigenvalue weighted by Crippen LogP contribution is 2.18. The van der Waals surface area contributed by atoms with E-state index in [0.717, 1.165) is 30.9 Å². The molecule has 128 valence electrons. The van der Waals surface area contributed by atoms with E-state index in [0.29, 0.717) is 12.2 Å². The standard InChI is InChI=1S/C16H18N8O/c25-16(18-9-12-2-1-6-17-8-12)20-13-5-7-23(10-13)15-4-3-14-21-19-11-24(14)22-15/h1-4,6,8,11,13H,5,7,9-10H2,(H2,18,20,25)/t13-/m0/s1. The van der Waals surface area contributed by atoms with Crippen LogP contribution in [0.4, 0.5) is 10.6 Å². The maximum atomic E-state index is 12.1. The Morgan fingerprint density at radius 1 is 1.32 bits per heavy atom. The predicted octanol–water partition coefficient (Wildman–Crippen LogP) is 0.597. The van der Waals surface area contributed by atoms with Gasteiger partial charge in [0.25, 0.3) is 0 Å². The van der Waals surface area contributed by atoms with Crippen LogP contribution in [0.1, 0.15) is 12.0 Å². The Kier molecular flexibility index (Phi) is 4.11. The number of urea groups is 1. The summed E-state index contributed by atoms with van der Waals surface area (Å²) < 4.78 is 1.65. The molecule has 2 N–H and O–H groups in total. The summed E-state index contributed by atoms with van der Waals surface area (Å²) >= 11 is 0. The fraction of sp³-hybridized carbons (Fsp3) is 0.312. The molecule has 4 rings (SSSR count). The molecule has 0 bridgehead atoms. The smallest absolute Gasteiger partial charge is 0.315 e. The Balaban J connectivity index is 1.30. The molecule has 1 fully saturated rings. The van der Waals surface area contributed by atoms with E-state index >= 15 is 0 Å². The molecule has 0 unspecified atom stereocenters. The van der Waals surface area contributed by atoms with Crippen molar-refractivity contribution in [3.05, 3.63) is 48.5 Å². The van der Waals surface area contributed by atoms with Crippen LogP contribution >= 0.6 is 0 Å². The van der Waals surface area contributed by atoms with Crippen LogP contribution < -0.4 is 15.5 Å². The maximum Gasteiger partial charge on any atom is 0.315 e. The first-order chi connectivity index (χ1) is 12.3. The number of carbonyl (C=O) groups is 1. The lowest BCUT2D eigenvalue weighted by molar-refractivity contribution is 0.237. The van der Waals surface area contributed by atoms with E-state index in [2.05, 4.69) is 35.8 Å². The monoisotopic (exact) mass is 338 g/mol. The summed E-state index contributed by atoms with van der Waals surface area (Å²) in [5, 5.41) is 18.1. The van der Waals surface area contributed by atoms with Crippen molar-refractivity contribution in [1.82, 2.24) is 35.4 Å². The molecule has 2 amide bonds. The third-order valence-electron chi connectivity index (χ3n) is 4.17. The van der Waals surface area contributed by atoms with Gasteiger partial charge in [-0.25, -0.2) is 4.79 Å². The van der Waals surface area contributed by atoms with E-state index in [1.54, 1.807) is 23.2 Å². The Labute approximate surface area is 144 Å². The molecular weight excluding hydrogens is 320 g/mol. The topological polar surface area (TPSA) is 100 Å². The van der Waals surface area contributed by atoms with Gasteiger partial charge in [-0.15, -0.1) is 15.3 Å². The number of fused-ring (bicyclic) bond motifs is 1. The molecule has 1 atom stereocenters. The zero-order valence-electron chi connectivity index (χ0n) is 13.5. The molecule has 0 aliphatic carbocycles. The van der Waals surface area contributed by atoms with E-state index in [-0.39, 0.29) is 12.1 Å². The Morgan fingerprint density at radius 3 is 3.16 bits per heavy atom. The van der Waals surface area contributed by atoms with Crippen molar-refractivity contribution < 1.29 is 4.79 Å². The third kappa shape index (κ3) is 3.49. The second kappa shape index (κ2) is 6.71. The van der Waals surface area contributed by atoms with Gasteiger partial charge in [0.1, 0.15) is 12.1 Å². The number of anilines is 1. The van der Waals surface area contributed by atoms with Crippen LogP contribution in [-0.4, -0.2) is 50.0 Å². The van der Waals surface area contributed by atoms with Crippen LogP contribution in [0.15, 0.2) is 43.0 Å². The zero-order valence-corrected chi connectivity index (χ0v) is 13.5. The number of hydrogen-bond acceptors (Lipinski definition) is 6. The first kappa shape index (κ1) is 15.3. The number of hydrogen-bond donors (Lipinski definition) is 2. The molecule has 1 aliphatic rings. The van der Waals surface area contributed by atoms with E-state index in [1.165, 1.54) is 0 Å². The maximum absolute atomic E-state index is 12.1. The quantitative estimate of drug-likeness (QED) is 0.722. The normalized spacial score (nSPS) is 17.0. The van der Waals surface area contributed by atoms with E-state index in [4.69, 9.17) is 0 Å². The van der Waals surface area contributed by atoms with Crippen LogP contribution in [0.2, 0.25) is 0 Å². The molecule has 0 radical (unpaired) electrons. The molecule has 0 aromatic carbocycles. The van der Waals surface area contributed by atoms with E-state index in [1.807, 2.05) is 24.3 Å². The molecule has 3 aromatic heterocycles. The number of pyridine rings is 1. The summed E-state index contributed by atoms with van der Waals surface area (Å²) in [6, 6.07) is 7.51. The summed E-state index contributed by atoms with van der Waals surface area (Å²) in [5.74, 6) is 0.854. The lowest BCUT2D eigenvalue weighted by Gasteiger charge is -2.18. The average molecular weight is 338 g/mol. The first-order valence-electron chi connectivity index (χ1n) is 8.13. The van der Waals surface area contributed by atoms with Crippen molar-refractivity contribution in [3.63, 3.8) is 0 Å². The Bertz CT molecular complexity index is 865. The van der Waals surface area contributed by atoms with Crippen molar-refractivity contribution in [3.8, 4) is 0 Å². The molecule has 9 nitrogen and oxygen atoms in total. The highest BCUT2D eigenvalue weighted by Gasteiger charge is 2.25. The minimum atomic E-state index is -0.169. The first-order valence-corrected chi connectivity index (χ1v) is 8.13. The minimum absolute atomic E-state index is 0.0901. The lowest BCUT2D eigenvalue weighted by atomic mass is 10.2. The number of carbonyl (C=O) groups excluding carboxylic acids is 1. The van der Waals surface area contributed by atoms with E-state index in [9.17, 15) is 4.79 Å². The van der Waals surface area contributed by atoms with Gasteiger partial charge >= 0.3 is 6.03 Å². The molecule has 1 aliphatic heterocycles. The van der Waals surface area contributed by atoms with Crippen LogP contribution in [0.5, 0.6) is 0 Å². The van der Waals surface area contributed by atoms with Gasteiger partial charge in [-0.05, 0) is 30.2 Å². The van der Waals surface area contributed by atoms with Crippen LogP contribution in [0, 0.1) is 0 Å². The predicted molar refractivity (Wildman–Crippen MR) is 91.0 cm³/mol. The molecule has 25 heavy (non-hydrogen) atoms. The SMILES string of the molecule is O=C(NCc1cccnc1)N[C@H]1CCN(c2ccc3nncn3n2)C1. The van der Waals surface area contributed by atoms with Gasteiger partial charge in [-0.3, -0.25) is 4.98 Å². The van der Waals surface area contributed by atoms with Gasteiger partial charge in [0.05, 0.1) is 0 Å². The summed E-state index contributed by atoms with van der Waals surface area (Å²) in [7, 11) is 0. The summed E-state index contributed by atoms with van der Waals surface area (Å²) in [6.45, 7) is 2.02. The van der Waals surface area contributed by atoms with Gasteiger partial charge < -0.3 is 15.5 Å². The zero-order chi connectivity index (χ0) is 17.1. The van der Waals surface area contributed by atoms with Crippen LogP contribution in [-0.2, 0) is 6.54 Å². The number of aromatic nitrogens is 5. The number of nitrogens with one attached hydrogen (secondary N) is 2. The summed E-state index contributed by atoms with van der Waals surface area (Å²) in [4.78, 5) is 18.2. The number of rotatable bonds is 4. The lowest BCUT2D eigenvalue weighted by Crippen LogP contribution is -2.43. The number of amides is 2. The minimum Gasteiger partial charge on any atom is -0.353 e. The van der Waals surface area contributed by atoms with Crippen molar-refractivity contribution in [2.75, 3.05) is 18.0 Å². The van der Waals surface area contributed by atoms with Crippen molar-refractivity contribution in [2.45, 2.75) is 19.0 Å². The Morgan fingerprint density at radius 2 is 2.28 bits per heavy atom. The largest absolute Gasteiger partial charge is 0.353 e.